The van der Waals surface area contributed by atoms with Crippen LogP contribution in [0.5, 0.6) is 5.75 Å². The van der Waals surface area contributed by atoms with E-state index in [0.29, 0.717) is 37.2 Å². The molecule has 3 rings (SSSR count). The number of anilines is 1. The van der Waals surface area contributed by atoms with Crippen molar-refractivity contribution in [2.75, 3.05) is 18.4 Å². The molecule has 1 heterocycles. The van der Waals surface area contributed by atoms with Crippen LogP contribution in [0.2, 0.25) is 0 Å². The van der Waals surface area contributed by atoms with Gasteiger partial charge in [-0.2, -0.15) is 0 Å². The lowest BCUT2D eigenvalue weighted by molar-refractivity contribution is -0.134. The number of phenolic OH excluding ortho intramolecular Hbond substituents is 1. The van der Waals surface area contributed by atoms with Crippen molar-refractivity contribution in [3.63, 3.8) is 0 Å². The van der Waals surface area contributed by atoms with Crippen LogP contribution in [0.1, 0.15) is 48.5 Å². The Kier molecular flexibility index (Phi) is 7.22. The number of para-hydroxylation sites is 2. The Bertz CT molecular complexity index is 900. The van der Waals surface area contributed by atoms with Crippen molar-refractivity contribution in [3.05, 3.63) is 59.7 Å². The van der Waals surface area contributed by atoms with Crippen LogP contribution < -0.4 is 5.32 Å². The molecule has 6 heteroatoms. The number of likely N-dealkylation sites (tertiary alicyclic amines) is 1. The number of phenols is 1. The number of nitrogens with zero attached hydrogens (tertiary/aromatic N) is 1. The highest BCUT2D eigenvalue weighted by Gasteiger charge is 2.27. The zero-order chi connectivity index (χ0) is 21.5. The van der Waals surface area contributed by atoms with E-state index in [2.05, 4.69) is 12.2 Å². The maximum atomic E-state index is 12.5. The number of hydrogen-bond acceptors (Lipinski definition) is 4. The number of carbonyl (C=O) groups is 3. The Morgan fingerprint density at radius 3 is 2.30 bits per heavy atom. The Hall–Kier alpha value is -3.15. The van der Waals surface area contributed by atoms with E-state index in [4.69, 9.17) is 0 Å². The van der Waals surface area contributed by atoms with Crippen molar-refractivity contribution in [1.82, 2.24) is 4.90 Å². The van der Waals surface area contributed by atoms with Gasteiger partial charge in [0, 0.05) is 37.4 Å². The van der Waals surface area contributed by atoms with E-state index < -0.39 is 0 Å². The molecule has 1 saturated heterocycles. The minimum Gasteiger partial charge on any atom is -0.506 e. The molecule has 0 saturated carbocycles. The summed E-state index contributed by atoms with van der Waals surface area (Å²) in [5.74, 6) is -0.384. The Labute approximate surface area is 176 Å². The molecule has 1 aliphatic rings. The number of hydrogen-bond donors (Lipinski definition) is 2. The highest BCUT2D eigenvalue weighted by atomic mass is 16.3. The van der Waals surface area contributed by atoms with Gasteiger partial charge in [-0.25, -0.2) is 0 Å². The van der Waals surface area contributed by atoms with Crippen LogP contribution >= 0.6 is 0 Å². The van der Waals surface area contributed by atoms with E-state index in [-0.39, 0.29) is 42.1 Å². The molecule has 0 bridgehead atoms. The second kappa shape index (κ2) is 10.1. The third-order valence-electron chi connectivity index (χ3n) is 5.63. The van der Waals surface area contributed by atoms with Gasteiger partial charge in [-0.05, 0) is 37.0 Å². The fourth-order valence-corrected chi connectivity index (χ4v) is 3.65. The number of carbonyl (C=O) groups excluding carboxylic acids is 3. The van der Waals surface area contributed by atoms with Gasteiger partial charge in [-0.3, -0.25) is 14.4 Å². The molecule has 6 nitrogen and oxygen atoms in total. The Morgan fingerprint density at radius 1 is 1.00 bits per heavy atom. The van der Waals surface area contributed by atoms with Gasteiger partial charge >= 0.3 is 0 Å². The molecular formula is C24H28N2O4. The predicted octanol–water partition coefficient (Wildman–Crippen LogP) is 3.79. The van der Waals surface area contributed by atoms with Crippen molar-refractivity contribution in [2.24, 2.45) is 5.92 Å². The molecule has 2 aromatic rings. The topological polar surface area (TPSA) is 86.7 Å². The molecule has 2 amide bonds. The van der Waals surface area contributed by atoms with Crippen LogP contribution in [0.3, 0.4) is 0 Å². The molecule has 30 heavy (non-hydrogen) atoms. The number of ketones is 1. The van der Waals surface area contributed by atoms with Crippen molar-refractivity contribution >= 4 is 23.3 Å². The van der Waals surface area contributed by atoms with E-state index in [9.17, 15) is 19.5 Å². The predicted molar refractivity (Wildman–Crippen MR) is 115 cm³/mol. The van der Waals surface area contributed by atoms with E-state index in [1.54, 1.807) is 23.1 Å². The van der Waals surface area contributed by atoms with Gasteiger partial charge in [-0.15, -0.1) is 0 Å². The maximum Gasteiger partial charge on any atom is 0.227 e. The van der Waals surface area contributed by atoms with Gasteiger partial charge in [0.2, 0.25) is 11.8 Å². The Morgan fingerprint density at radius 2 is 1.67 bits per heavy atom. The normalized spacial score (nSPS) is 14.4. The largest absolute Gasteiger partial charge is 0.506 e. The SMILES string of the molecule is CCc1ccc(C(=O)CCC(=O)N2CCC(C(=O)Nc3ccccc3O)CC2)cc1. The average molecular weight is 408 g/mol. The third-order valence-corrected chi connectivity index (χ3v) is 5.63. The molecule has 1 aliphatic heterocycles. The summed E-state index contributed by atoms with van der Waals surface area (Å²) in [4.78, 5) is 39.0. The summed E-state index contributed by atoms with van der Waals surface area (Å²) in [6.45, 7) is 3.06. The number of Topliss-reactive ketones (excluding diaryl/α,β-unsaturated/α-hetero) is 1. The lowest BCUT2D eigenvalue weighted by atomic mass is 9.95. The number of aromatic hydroxyl groups is 1. The molecule has 0 aromatic heterocycles. The molecule has 0 atom stereocenters. The Balaban J connectivity index is 1.44. The first-order valence-corrected chi connectivity index (χ1v) is 10.5. The molecule has 1 fully saturated rings. The summed E-state index contributed by atoms with van der Waals surface area (Å²) in [5, 5.41) is 12.5. The molecular weight excluding hydrogens is 380 g/mol. The highest BCUT2D eigenvalue weighted by molar-refractivity contribution is 5.98. The monoisotopic (exact) mass is 408 g/mol. The molecule has 0 unspecified atom stereocenters. The van der Waals surface area contributed by atoms with E-state index in [0.717, 1.165) is 6.42 Å². The molecule has 2 N–H and O–H groups in total. The summed E-state index contributed by atoms with van der Waals surface area (Å²) in [5.41, 5.74) is 2.21. The summed E-state index contributed by atoms with van der Waals surface area (Å²) >= 11 is 0. The number of nitrogens with one attached hydrogen (secondary N) is 1. The van der Waals surface area contributed by atoms with E-state index in [1.807, 2.05) is 24.3 Å². The summed E-state index contributed by atoms with van der Waals surface area (Å²) in [7, 11) is 0. The second-order valence-electron chi connectivity index (χ2n) is 7.64. The fraction of sp³-hybridized carbons (Fsp3) is 0.375. The smallest absolute Gasteiger partial charge is 0.227 e. The number of amides is 2. The van der Waals surface area contributed by atoms with Gasteiger partial charge in [0.1, 0.15) is 5.75 Å². The van der Waals surface area contributed by atoms with Gasteiger partial charge in [0.15, 0.2) is 5.78 Å². The van der Waals surface area contributed by atoms with E-state index in [1.165, 1.54) is 11.6 Å². The first-order chi connectivity index (χ1) is 14.5. The van der Waals surface area contributed by atoms with Gasteiger partial charge in [0.05, 0.1) is 5.69 Å². The minimum absolute atomic E-state index is 0.0251. The van der Waals surface area contributed by atoms with Crippen molar-refractivity contribution < 1.29 is 19.5 Å². The molecule has 0 radical (unpaired) electrons. The number of rotatable bonds is 7. The van der Waals surface area contributed by atoms with Gasteiger partial charge in [-0.1, -0.05) is 43.3 Å². The number of piperidine rings is 1. The summed E-state index contributed by atoms with van der Waals surface area (Å²) in [6, 6.07) is 14.1. The van der Waals surface area contributed by atoms with Crippen molar-refractivity contribution in [2.45, 2.75) is 39.0 Å². The number of aryl methyl sites for hydroxylation is 1. The van der Waals surface area contributed by atoms with Gasteiger partial charge in [0.25, 0.3) is 0 Å². The fourth-order valence-electron chi connectivity index (χ4n) is 3.65. The standard InChI is InChI=1S/C24H28N2O4/c1-2-17-7-9-18(10-8-17)21(27)11-12-23(29)26-15-13-19(14-16-26)24(30)25-20-5-3-4-6-22(20)28/h3-10,19,28H,2,11-16H2,1H3,(H,25,30). The van der Waals surface area contributed by atoms with Crippen LogP contribution in [-0.4, -0.2) is 40.7 Å². The van der Waals surface area contributed by atoms with E-state index >= 15 is 0 Å². The first kappa shape index (κ1) is 21.6. The number of benzene rings is 2. The zero-order valence-corrected chi connectivity index (χ0v) is 17.3. The summed E-state index contributed by atoms with van der Waals surface area (Å²) in [6.07, 6.45) is 2.43. The first-order valence-electron chi connectivity index (χ1n) is 10.5. The van der Waals surface area contributed by atoms with Gasteiger partial charge < -0.3 is 15.3 Å². The molecule has 2 aromatic carbocycles. The van der Waals surface area contributed by atoms with Crippen LogP contribution in [-0.2, 0) is 16.0 Å². The van der Waals surface area contributed by atoms with Crippen LogP contribution in [0.4, 0.5) is 5.69 Å². The van der Waals surface area contributed by atoms with Crippen LogP contribution in [0.15, 0.2) is 48.5 Å². The average Bonchev–Trinajstić information content (AvgIpc) is 2.79. The van der Waals surface area contributed by atoms with Crippen molar-refractivity contribution in [3.8, 4) is 5.75 Å². The lowest BCUT2D eigenvalue weighted by Gasteiger charge is -2.31. The van der Waals surface area contributed by atoms with Crippen LogP contribution in [0.25, 0.3) is 0 Å². The lowest BCUT2D eigenvalue weighted by Crippen LogP contribution is -2.41. The quantitative estimate of drug-likeness (QED) is 0.539. The maximum absolute atomic E-state index is 12.5. The minimum atomic E-state index is -0.202. The molecule has 0 aliphatic carbocycles. The zero-order valence-electron chi connectivity index (χ0n) is 17.3. The molecule has 158 valence electrons. The van der Waals surface area contributed by atoms with Crippen molar-refractivity contribution in [1.29, 1.82) is 0 Å². The second-order valence-corrected chi connectivity index (χ2v) is 7.64. The summed E-state index contributed by atoms with van der Waals surface area (Å²) < 4.78 is 0. The van der Waals surface area contributed by atoms with Crippen LogP contribution in [0, 0.1) is 5.92 Å². The molecule has 0 spiro atoms. The highest BCUT2D eigenvalue weighted by Crippen LogP contribution is 2.25. The third kappa shape index (κ3) is 5.47.